The maximum atomic E-state index is 12.0. The molecular formula is C20H20ClN3O3S. The van der Waals surface area contributed by atoms with Crippen molar-refractivity contribution in [2.45, 2.75) is 32.2 Å². The van der Waals surface area contributed by atoms with Crippen molar-refractivity contribution in [1.29, 1.82) is 0 Å². The van der Waals surface area contributed by atoms with E-state index in [-0.39, 0.29) is 18.3 Å². The lowest BCUT2D eigenvalue weighted by Crippen LogP contribution is -2.24. The lowest BCUT2D eigenvalue weighted by Gasteiger charge is -2.07. The summed E-state index contributed by atoms with van der Waals surface area (Å²) in [5, 5.41) is 11.7. The topological polar surface area (TPSA) is 77.2 Å². The van der Waals surface area contributed by atoms with Crippen LogP contribution < -0.4 is 10.1 Å². The fourth-order valence-corrected chi connectivity index (χ4v) is 3.21. The first-order valence-corrected chi connectivity index (χ1v) is 10.0. The van der Waals surface area contributed by atoms with E-state index in [1.54, 1.807) is 6.07 Å². The van der Waals surface area contributed by atoms with Crippen molar-refractivity contribution in [2.75, 3.05) is 5.75 Å². The number of thioether (sulfide) groups is 1. The molecule has 1 heterocycles. The van der Waals surface area contributed by atoms with Crippen LogP contribution in [0.25, 0.3) is 0 Å². The third-order valence-corrected chi connectivity index (χ3v) is 4.90. The van der Waals surface area contributed by atoms with E-state index in [1.165, 1.54) is 11.8 Å². The molecule has 0 atom stereocenters. The van der Waals surface area contributed by atoms with Gasteiger partial charge in [-0.05, 0) is 48.7 Å². The maximum Gasteiger partial charge on any atom is 0.277 e. The van der Waals surface area contributed by atoms with Crippen LogP contribution in [0.15, 0.2) is 52.1 Å². The Kier molecular flexibility index (Phi) is 6.95. The van der Waals surface area contributed by atoms with Gasteiger partial charge in [-0.3, -0.25) is 4.79 Å². The Hall–Kier alpha value is -2.51. The minimum Gasteiger partial charge on any atom is -0.484 e. The van der Waals surface area contributed by atoms with Gasteiger partial charge in [0.25, 0.3) is 11.1 Å². The van der Waals surface area contributed by atoms with Gasteiger partial charge in [0, 0.05) is 11.6 Å². The summed E-state index contributed by atoms with van der Waals surface area (Å²) < 4.78 is 11.3. The second kappa shape index (κ2) is 9.61. The van der Waals surface area contributed by atoms with Crippen LogP contribution in [0.4, 0.5) is 0 Å². The highest BCUT2D eigenvalue weighted by atomic mass is 35.5. The molecule has 6 nitrogen and oxygen atoms in total. The molecule has 1 aromatic heterocycles. The minimum absolute atomic E-state index is 0.128. The van der Waals surface area contributed by atoms with Crippen LogP contribution in [-0.2, 0) is 17.9 Å². The number of amides is 1. The number of carbonyl (C=O) groups is 1. The van der Waals surface area contributed by atoms with Crippen molar-refractivity contribution >= 4 is 29.3 Å². The summed E-state index contributed by atoms with van der Waals surface area (Å²) in [7, 11) is 0. The van der Waals surface area contributed by atoms with Crippen molar-refractivity contribution in [3.63, 3.8) is 0 Å². The van der Waals surface area contributed by atoms with E-state index < -0.39 is 0 Å². The Morgan fingerprint density at radius 3 is 2.89 bits per heavy atom. The number of carbonyl (C=O) groups excluding carboxylic acids is 1. The molecule has 3 aromatic rings. The van der Waals surface area contributed by atoms with Gasteiger partial charge in [-0.15, -0.1) is 10.2 Å². The van der Waals surface area contributed by atoms with E-state index >= 15 is 0 Å². The SMILES string of the molecule is Cc1ccc(C)c(OCc2nnc(SCC(=O)NCc3cccc(Cl)c3)o2)c1. The van der Waals surface area contributed by atoms with E-state index in [2.05, 4.69) is 15.5 Å². The molecule has 0 aliphatic heterocycles. The number of aromatic nitrogens is 2. The summed E-state index contributed by atoms with van der Waals surface area (Å²) in [5.74, 6) is 1.20. The first kappa shape index (κ1) is 20.2. The molecule has 146 valence electrons. The van der Waals surface area contributed by atoms with Crippen LogP contribution in [-0.4, -0.2) is 21.9 Å². The number of ether oxygens (including phenoxy) is 1. The Morgan fingerprint density at radius 1 is 1.21 bits per heavy atom. The molecule has 0 saturated heterocycles. The van der Waals surface area contributed by atoms with E-state index in [9.17, 15) is 4.79 Å². The molecular weight excluding hydrogens is 398 g/mol. The van der Waals surface area contributed by atoms with E-state index in [4.69, 9.17) is 20.8 Å². The summed E-state index contributed by atoms with van der Waals surface area (Å²) in [4.78, 5) is 12.0. The second-order valence-corrected chi connectivity index (χ2v) is 7.58. The molecule has 3 rings (SSSR count). The van der Waals surface area contributed by atoms with Gasteiger partial charge in [-0.1, -0.05) is 47.6 Å². The molecule has 1 amide bonds. The highest BCUT2D eigenvalue weighted by molar-refractivity contribution is 7.99. The molecule has 8 heteroatoms. The smallest absolute Gasteiger partial charge is 0.277 e. The molecule has 2 aromatic carbocycles. The van der Waals surface area contributed by atoms with Gasteiger partial charge in [-0.25, -0.2) is 0 Å². The summed E-state index contributed by atoms with van der Waals surface area (Å²) in [6.45, 7) is 4.58. The molecule has 28 heavy (non-hydrogen) atoms. The van der Waals surface area contributed by atoms with Gasteiger partial charge in [0.05, 0.1) is 5.75 Å². The van der Waals surface area contributed by atoms with Crippen LogP contribution >= 0.6 is 23.4 Å². The van der Waals surface area contributed by atoms with Crippen molar-refractivity contribution in [2.24, 2.45) is 0 Å². The van der Waals surface area contributed by atoms with Gasteiger partial charge < -0.3 is 14.5 Å². The predicted molar refractivity (Wildman–Crippen MR) is 109 cm³/mol. The predicted octanol–water partition coefficient (Wildman–Crippen LogP) is 4.33. The molecule has 0 fully saturated rings. The van der Waals surface area contributed by atoms with E-state index in [0.29, 0.717) is 22.7 Å². The monoisotopic (exact) mass is 417 g/mol. The lowest BCUT2D eigenvalue weighted by atomic mass is 10.1. The molecule has 0 unspecified atom stereocenters. The lowest BCUT2D eigenvalue weighted by molar-refractivity contribution is -0.118. The van der Waals surface area contributed by atoms with Gasteiger partial charge in [0.2, 0.25) is 5.91 Å². The minimum atomic E-state index is -0.128. The number of aryl methyl sites for hydroxylation is 2. The zero-order valence-corrected chi connectivity index (χ0v) is 17.1. The van der Waals surface area contributed by atoms with Crippen LogP contribution in [0.3, 0.4) is 0 Å². The number of rotatable bonds is 8. The summed E-state index contributed by atoms with van der Waals surface area (Å²) in [6.07, 6.45) is 0. The molecule has 0 radical (unpaired) electrons. The summed E-state index contributed by atoms with van der Waals surface area (Å²) >= 11 is 7.11. The van der Waals surface area contributed by atoms with Crippen molar-refractivity contribution in [1.82, 2.24) is 15.5 Å². The normalized spacial score (nSPS) is 10.7. The third-order valence-electron chi connectivity index (χ3n) is 3.85. The van der Waals surface area contributed by atoms with E-state index in [1.807, 2.05) is 50.2 Å². The van der Waals surface area contributed by atoms with Crippen molar-refractivity contribution < 1.29 is 13.9 Å². The number of hydrogen-bond donors (Lipinski definition) is 1. The summed E-state index contributed by atoms with van der Waals surface area (Å²) in [6, 6.07) is 13.3. The zero-order valence-electron chi connectivity index (χ0n) is 15.6. The molecule has 0 bridgehead atoms. The van der Waals surface area contributed by atoms with Crippen LogP contribution in [0, 0.1) is 13.8 Å². The number of nitrogens with zero attached hydrogens (tertiary/aromatic N) is 2. The standard InChI is InChI=1S/C20H20ClN3O3S/c1-13-6-7-14(2)17(8-13)26-11-19-23-24-20(27-19)28-12-18(25)22-10-15-4-3-5-16(21)9-15/h3-9H,10-12H2,1-2H3,(H,22,25). The van der Waals surface area contributed by atoms with Crippen LogP contribution in [0.1, 0.15) is 22.6 Å². The van der Waals surface area contributed by atoms with Crippen molar-refractivity contribution in [3.8, 4) is 5.75 Å². The first-order chi connectivity index (χ1) is 13.5. The average molecular weight is 418 g/mol. The Labute approximate surface area is 172 Å². The highest BCUT2D eigenvalue weighted by Gasteiger charge is 2.11. The zero-order chi connectivity index (χ0) is 19.9. The Balaban J connectivity index is 1.44. The van der Waals surface area contributed by atoms with Gasteiger partial charge in [0.1, 0.15) is 5.75 Å². The average Bonchev–Trinajstić information content (AvgIpc) is 3.13. The quantitative estimate of drug-likeness (QED) is 0.550. The number of benzene rings is 2. The number of nitrogens with one attached hydrogen (secondary N) is 1. The number of hydrogen-bond acceptors (Lipinski definition) is 6. The molecule has 0 saturated carbocycles. The molecule has 1 N–H and O–H groups in total. The molecule has 0 aliphatic rings. The fourth-order valence-electron chi connectivity index (χ4n) is 2.38. The third kappa shape index (κ3) is 6.00. The van der Waals surface area contributed by atoms with E-state index in [0.717, 1.165) is 22.4 Å². The Morgan fingerprint density at radius 2 is 2.07 bits per heavy atom. The molecule has 0 aliphatic carbocycles. The van der Waals surface area contributed by atoms with Gasteiger partial charge in [-0.2, -0.15) is 0 Å². The van der Waals surface area contributed by atoms with Crippen molar-refractivity contribution in [3.05, 3.63) is 70.1 Å². The van der Waals surface area contributed by atoms with Crippen LogP contribution in [0.2, 0.25) is 5.02 Å². The number of halogens is 1. The highest BCUT2D eigenvalue weighted by Crippen LogP contribution is 2.21. The van der Waals surface area contributed by atoms with Gasteiger partial charge in [0.15, 0.2) is 6.61 Å². The fraction of sp³-hybridized carbons (Fsp3) is 0.250. The first-order valence-electron chi connectivity index (χ1n) is 8.66. The van der Waals surface area contributed by atoms with Gasteiger partial charge >= 0.3 is 0 Å². The largest absolute Gasteiger partial charge is 0.484 e. The maximum absolute atomic E-state index is 12.0. The Bertz CT molecular complexity index is 961. The summed E-state index contributed by atoms with van der Waals surface area (Å²) in [5.41, 5.74) is 3.09. The molecule has 0 spiro atoms. The van der Waals surface area contributed by atoms with Crippen LogP contribution in [0.5, 0.6) is 5.75 Å². The second-order valence-electron chi connectivity index (χ2n) is 6.21.